The van der Waals surface area contributed by atoms with Gasteiger partial charge in [0.05, 0.1) is 23.0 Å². The molecule has 4 rings (SSSR count). The van der Waals surface area contributed by atoms with Gasteiger partial charge in [0.1, 0.15) is 0 Å². The first-order valence-electron chi connectivity index (χ1n) is 9.46. The van der Waals surface area contributed by atoms with E-state index in [1.165, 1.54) is 0 Å². The number of hydrogen-bond acceptors (Lipinski definition) is 4. The molecule has 4 aliphatic rings. The average molecular weight is 364 g/mol. The second-order valence-electron chi connectivity index (χ2n) is 9.90. The highest BCUT2D eigenvalue weighted by Crippen LogP contribution is 2.78. The Balaban J connectivity index is 1.95. The van der Waals surface area contributed by atoms with Gasteiger partial charge in [-0.05, 0) is 73.7 Å². The molecule has 0 aliphatic heterocycles. The SMILES string of the molecule is C=C1C[C@]23C[C@@]1(O)CC[C@H]2[C@]1(C)C[C@H](O)C[C@@](C)(C(=O)O)[C@H]1[C@@H]3C(=O)O. The molecular formula is C20H28O6. The van der Waals surface area contributed by atoms with E-state index in [9.17, 15) is 30.0 Å². The van der Waals surface area contributed by atoms with Crippen LogP contribution in [0.25, 0.3) is 0 Å². The smallest absolute Gasteiger partial charge is 0.309 e. The highest BCUT2D eigenvalue weighted by atomic mass is 16.4. The third-order valence-electron chi connectivity index (χ3n) is 8.60. The molecular weight excluding hydrogens is 336 g/mol. The molecule has 0 aromatic rings. The van der Waals surface area contributed by atoms with Crippen molar-refractivity contribution in [1.82, 2.24) is 0 Å². The lowest BCUT2D eigenvalue weighted by Crippen LogP contribution is -2.54. The van der Waals surface area contributed by atoms with Gasteiger partial charge < -0.3 is 20.4 Å². The fourth-order valence-electron chi connectivity index (χ4n) is 8.00. The summed E-state index contributed by atoms with van der Waals surface area (Å²) in [4.78, 5) is 24.7. The van der Waals surface area contributed by atoms with Crippen LogP contribution in [-0.4, -0.2) is 44.1 Å². The number of carbonyl (C=O) groups is 2. The van der Waals surface area contributed by atoms with E-state index in [0.717, 1.165) is 0 Å². The standard InChI is InChI=1S/C20H28O6/c1-10-6-19-9-20(10,26)5-4-12(19)17(2)7-11(21)8-18(3,16(24)25)14(17)13(19)15(22)23/h11-14,21,26H,1,4-9H2,2-3H3,(H,22,23)(H,24,25)/t11-,12-,13+,14-,17-,18+,19-,20-/m0/s1. The second kappa shape index (κ2) is 4.90. The first kappa shape index (κ1) is 18.0. The predicted molar refractivity (Wildman–Crippen MR) is 92.2 cm³/mol. The average Bonchev–Trinajstić information content (AvgIpc) is 2.82. The van der Waals surface area contributed by atoms with E-state index in [1.807, 2.05) is 6.92 Å². The van der Waals surface area contributed by atoms with Crippen molar-refractivity contribution >= 4 is 11.9 Å². The summed E-state index contributed by atoms with van der Waals surface area (Å²) in [5.74, 6) is -3.48. The van der Waals surface area contributed by atoms with Crippen molar-refractivity contribution in [1.29, 1.82) is 0 Å². The zero-order valence-electron chi connectivity index (χ0n) is 15.4. The summed E-state index contributed by atoms with van der Waals surface area (Å²) in [5, 5.41) is 41.7. The number of rotatable bonds is 2. The van der Waals surface area contributed by atoms with Crippen LogP contribution in [0, 0.1) is 34.0 Å². The lowest BCUT2D eigenvalue weighted by molar-refractivity contribution is -0.173. The number of aliphatic carboxylic acids is 2. The van der Waals surface area contributed by atoms with Crippen LogP contribution in [0.2, 0.25) is 0 Å². The van der Waals surface area contributed by atoms with E-state index in [2.05, 4.69) is 6.58 Å². The molecule has 4 N–H and O–H groups in total. The molecule has 8 atom stereocenters. The second-order valence-corrected chi connectivity index (χ2v) is 9.90. The van der Waals surface area contributed by atoms with Crippen LogP contribution in [0.15, 0.2) is 12.2 Å². The molecule has 4 aliphatic carbocycles. The van der Waals surface area contributed by atoms with E-state index in [1.54, 1.807) is 6.92 Å². The van der Waals surface area contributed by atoms with Gasteiger partial charge in [-0.2, -0.15) is 0 Å². The number of carboxylic acids is 2. The Morgan fingerprint density at radius 2 is 1.85 bits per heavy atom. The van der Waals surface area contributed by atoms with Crippen molar-refractivity contribution in [3.8, 4) is 0 Å². The molecule has 4 fully saturated rings. The highest BCUT2D eigenvalue weighted by molar-refractivity contribution is 5.79. The largest absolute Gasteiger partial charge is 0.481 e. The van der Waals surface area contributed by atoms with Gasteiger partial charge in [0.15, 0.2) is 0 Å². The summed E-state index contributed by atoms with van der Waals surface area (Å²) < 4.78 is 0. The maximum Gasteiger partial charge on any atom is 0.309 e. The molecule has 4 saturated carbocycles. The number of aliphatic hydroxyl groups excluding tert-OH is 1. The summed E-state index contributed by atoms with van der Waals surface area (Å²) in [6, 6.07) is 0. The maximum absolute atomic E-state index is 12.5. The number of hydrogen-bond donors (Lipinski definition) is 4. The monoisotopic (exact) mass is 364 g/mol. The highest BCUT2D eigenvalue weighted by Gasteiger charge is 2.77. The van der Waals surface area contributed by atoms with Crippen molar-refractivity contribution < 1.29 is 30.0 Å². The summed E-state index contributed by atoms with van der Waals surface area (Å²) >= 11 is 0. The molecule has 144 valence electrons. The first-order valence-corrected chi connectivity index (χ1v) is 9.46. The summed E-state index contributed by atoms with van der Waals surface area (Å²) in [5.41, 5.74) is -2.91. The normalized spacial score (nSPS) is 55.3. The van der Waals surface area contributed by atoms with Gasteiger partial charge in [0, 0.05) is 0 Å². The van der Waals surface area contributed by atoms with Gasteiger partial charge >= 0.3 is 11.9 Å². The minimum Gasteiger partial charge on any atom is -0.481 e. The van der Waals surface area contributed by atoms with Crippen LogP contribution in [0.4, 0.5) is 0 Å². The molecule has 0 saturated heterocycles. The Morgan fingerprint density at radius 1 is 1.19 bits per heavy atom. The molecule has 6 heteroatoms. The van der Waals surface area contributed by atoms with Gasteiger partial charge in [0.25, 0.3) is 0 Å². The third kappa shape index (κ3) is 1.84. The van der Waals surface area contributed by atoms with Gasteiger partial charge in [0.2, 0.25) is 0 Å². The van der Waals surface area contributed by atoms with Gasteiger partial charge in [-0.25, -0.2) is 0 Å². The Hall–Kier alpha value is -1.40. The summed E-state index contributed by atoms with van der Waals surface area (Å²) in [6.45, 7) is 7.61. The van der Waals surface area contributed by atoms with E-state index in [0.29, 0.717) is 37.7 Å². The van der Waals surface area contributed by atoms with Crippen molar-refractivity contribution in [2.75, 3.05) is 0 Å². The minimum atomic E-state index is -1.30. The molecule has 0 heterocycles. The molecule has 0 radical (unpaired) electrons. The minimum absolute atomic E-state index is 0.0331. The Kier molecular flexibility index (Phi) is 3.39. The number of fused-ring (bicyclic) bond motifs is 3. The topological polar surface area (TPSA) is 115 Å². The zero-order chi connectivity index (χ0) is 19.3. The lowest BCUT2D eigenvalue weighted by Gasteiger charge is -2.52. The molecule has 2 bridgehead atoms. The first-order chi connectivity index (χ1) is 11.9. The molecule has 6 nitrogen and oxygen atoms in total. The Morgan fingerprint density at radius 3 is 2.42 bits per heavy atom. The Bertz CT molecular complexity index is 717. The summed E-state index contributed by atoms with van der Waals surface area (Å²) in [7, 11) is 0. The van der Waals surface area contributed by atoms with Crippen molar-refractivity contribution in [2.45, 2.75) is 64.1 Å². The van der Waals surface area contributed by atoms with Crippen LogP contribution < -0.4 is 0 Å². The van der Waals surface area contributed by atoms with E-state index in [-0.39, 0.29) is 12.3 Å². The molecule has 0 aromatic carbocycles. The van der Waals surface area contributed by atoms with E-state index < -0.39 is 51.7 Å². The fourth-order valence-corrected chi connectivity index (χ4v) is 8.00. The van der Waals surface area contributed by atoms with Crippen LogP contribution in [0.5, 0.6) is 0 Å². The predicted octanol–water partition coefficient (Wildman–Crippen LogP) is 2.05. The lowest BCUT2D eigenvalue weighted by atomic mass is 9.52. The Labute approximate surface area is 152 Å². The van der Waals surface area contributed by atoms with E-state index in [4.69, 9.17) is 0 Å². The van der Waals surface area contributed by atoms with Crippen LogP contribution >= 0.6 is 0 Å². The third-order valence-corrected chi connectivity index (χ3v) is 8.60. The van der Waals surface area contributed by atoms with Crippen molar-refractivity contribution in [2.24, 2.45) is 34.0 Å². The van der Waals surface area contributed by atoms with Crippen molar-refractivity contribution in [3.05, 3.63) is 12.2 Å². The molecule has 0 amide bonds. The fraction of sp³-hybridized carbons (Fsp3) is 0.800. The molecule has 0 unspecified atom stereocenters. The molecule has 26 heavy (non-hydrogen) atoms. The van der Waals surface area contributed by atoms with Crippen LogP contribution in [0.1, 0.15) is 52.4 Å². The van der Waals surface area contributed by atoms with Gasteiger partial charge in [-0.1, -0.05) is 13.5 Å². The molecule has 1 spiro atoms. The maximum atomic E-state index is 12.5. The van der Waals surface area contributed by atoms with Crippen molar-refractivity contribution in [3.63, 3.8) is 0 Å². The van der Waals surface area contributed by atoms with Crippen LogP contribution in [0.3, 0.4) is 0 Å². The quantitative estimate of drug-likeness (QED) is 0.558. The van der Waals surface area contributed by atoms with E-state index >= 15 is 0 Å². The zero-order valence-corrected chi connectivity index (χ0v) is 15.4. The number of aliphatic hydroxyl groups is 2. The van der Waals surface area contributed by atoms with Gasteiger partial charge in [-0.15, -0.1) is 0 Å². The molecule has 0 aromatic heterocycles. The van der Waals surface area contributed by atoms with Crippen LogP contribution in [-0.2, 0) is 9.59 Å². The van der Waals surface area contributed by atoms with Gasteiger partial charge in [-0.3, -0.25) is 9.59 Å². The summed E-state index contributed by atoms with van der Waals surface area (Å²) in [6.07, 6.45) is 1.69. The number of carboxylic acid groups (broad SMARTS) is 2.